The van der Waals surface area contributed by atoms with Crippen LogP contribution in [0.5, 0.6) is 5.88 Å². The monoisotopic (exact) mass is 379 g/mol. The summed E-state index contributed by atoms with van der Waals surface area (Å²) < 4.78 is 8.58. The van der Waals surface area contributed by atoms with E-state index in [0.717, 1.165) is 59.6 Å². The van der Waals surface area contributed by atoms with Gasteiger partial charge in [0, 0.05) is 35.2 Å². The van der Waals surface area contributed by atoms with E-state index in [9.17, 15) is 0 Å². The number of piperidine rings is 1. The molecule has 4 rings (SSSR count). The first-order valence-corrected chi connectivity index (χ1v) is 10.2. The number of nitrogens with zero attached hydrogens (tertiary/aromatic N) is 3. The van der Waals surface area contributed by atoms with E-state index in [0.29, 0.717) is 0 Å². The maximum absolute atomic E-state index is 6.19. The number of aromatic nitrogens is 2. The molecule has 24 heavy (non-hydrogen) atoms. The van der Waals surface area contributed by atoms with Crippen LogP contribution in [0.15, 0.2) is 40.4 Å². The largest absolute Gasteiger partial charge is 0.473 e. The fourth-order valence-corrected chi connectivity index (χ4v) is 5.01. The van der Waals surface area contributed by atoms with E-state index in [1.807, 2.05) is 23.9 Å². The Morgan fingerprint density at radius 2 is 1.96 bits per heavy atom. The fourth-order valence-electron chi connectivity index (χ4n) is 2.89. The average molecular weight is 380 g/mol. The molecule has 0 aliphatic carbocycles. The fraction of sp³-hybridized carbons (Fsp3) is 0.412. The first-order chi connectivity index (χ1) is 11.8. The molecule has 4 nitrogen and oxygen atoms in total. The van der Waals surface area contributed by atoms with Gasteiger partial charge in [0.2, 0.25) is 5.88 Å². The van der Waals surface area contributed by atoms with Crippen molar-refractivity contribution in [3.05, 3.63) is 41.3 Å². The lowest BCUT2D eigenvalue weighted by Crippen LogP contribution is -2.34. The highest BCUT2D eigenvalue weighted by molar-refractivity contribution is 7.99. The van der Waals surface area contributed by atoms with Gasteiger partial charge >= 0.3 is 0 Å². The molecule has 3 heterocycles. The van der Waals surface area contributed by atoms with Gasteiger partial charge in [-0.1, -0.05) is 11.6 Å². The third kappa shape index (κ3) is 3.82. The number of hydrogen-bond donors (Lipinski definition) is 0. The van der Waals surface area contributed by atoms with Gasteiger partial charge in [0.25, 0.3) is 0 Å². The van der Waals surface area contributed by atoms with Crippen molar-refractivity contribution in [2.45, 2.75) is 35.2 Å². The first kappa shape index (κ1) is 16.5. The number of rotatable bonds is 4. The number of benzene rings is 1. The Balaban J connectivity index is 1.32. The summed E-state index contributed by atoms with van der Waals surface area (Å²) in [5, 5.41) is 0.779. The van der Waals surface area contributed by atoms with Crippen LogP contribution in [0.1, 0.15) is 18.5 Å². The summed E-state index contributed by atoms with van der Waals surface area (Å²) in [4.78, 5) is 11.1. The molecule has 0 spiro atoms. The molecule has 0 saturated carbocycles. The van der Waals surface area contributed by atoms with Crippen LogP contribution in [0.4, 0.5) is 0 Å². The van der Waals surface area contributed by atoms with E-state index in [2.05, 4.69) is 26.4 Å². The molecule has 126 valence electrons. The summed E-state index contributed by atoms with van der Waals surface area (Å²) in [5.74, 6) is 1.87. The Morgan fingerprint density at radius 3 is 2.75 bits per heavy atom. The maximum atomic E-state index is 6.19. The van der Waals surface area contributed by atoms with Crippen molar-refractivity contribution < 1.29 is 4.74 Å². The summed E-state index contributed by atoms with van der Waals surface area (Å²) in [6, 6.07) is 8.01. The molecule has 1 aromatic heterocycles. The number of fused-ring (bicyclic) bond motifs is 1. The average Bonchev–Trinajstić information content (AvgIpc) is 3.08. The zero-order chi connectivity index (χ0) is 16.4. The molecule has 0 unspecified atom stereocenters. The Hall–Kier alpha value is -0.950. The van der Waals surface area contributed by atoms with Crippen LogP contribution in [0, 0.1) is 0 Å². The molecule has 0 amide bonds. The molecule has 0 radical (unpaired) electrons. The van der Waals surface area contributed by atoms with Crippen LogP contribution in [0.25, 0.3) is 0 Å². The van der Waals surface area contributed by atoms with Crippen molar-refractivity contribution in [3.8, 4) is 5.88 Å². The molecule has 2 aliphatic heterocycles. The minimum absolute atomic E-state index is 0.243. The molecular formula is C17H18ClN3OS2. The molecule has 1 fully saturated rings. The lowest BCUT2D eigenvalue weighted by molar-refractivity contribution is 0.129. The van der Waals surface area contributed by atoms with Gasteiger partial charge in [0.15, 0.2) is 0 Å². The van der Waals surface area contributed by atoms with Crippen molar-refractivity contribution in [3.63, 3.8) is 0 Å². The van der Waals surface area contributed by atoms with Gasteiger partial charge in [-0.2, -0.15) is 0 Å². The van der Waals surface area contributed by atoms with Crippen molar-refractivity contribution in [1.82, 2.24) is 14.3 Å². The molecule has 0 N–H and O–H groups in total. The molecule has 1 aromatic carbocycles. The zero-order valence-electron chi connectivity index (χ0n) is 13.2. The molecule has 7 heteroatoms. The molecule has 0 atom stereocenters. The maximum Gasteiger partial charge on any atom is 0.231 e. The molecule has 0 bridgehead atoms. The van der Waals surface area contributed by atoms with Gasteiger partial charge in [-0.05, 0) is 49.1 Å². The van der Waals surface area contributed by atoms with Crippen molar-refractivity contribution in [2.24, 2.45) is 0 Å². The Morgan fingerprint density at radius 1 is 1.17 bits per heavy atom. The van der Waals surface area contributed by atoms with E-state index in [-0.39, 0.29) is 6.10 Å². The van der Waals surface area contributed by atoms with Crippen molar-refractivity contribution >= 4 is 35.3 Å². The Labute approximate surface area is 155 Å². The van der Waals surface area contributed by atoms with Crippen molar-refractivity contribution in [1.29, 1.82) is 0 Å². The highest BCUT2D eigenvalue weighted by atomic mass is 35.5. The van der Waals surface area contributed by atoms with Crippen LogP contribution in [0.2, 0.25) is 5.02 Å². The van der Waals surface area contributed by atoms with E-state index in [1.54, 1.807) is 18.3 Å². The van der Waals surface area contributed by atoms with Crippen LogP contribution >= 0.6 is 35.3 Å². The summed E-state index contributed by atoms with van der Waals surface area (Å²) in [7, 11) is 0. The zero-order valence-corrected chi connectivity index (χ0v) is 15.5. The van der Waals surface area contributed by atoms with E-state index in [4.69, 9.17) is 16.3 Å². The van der Waals surface area contributed by atoms with Gasteiger partial charge in [0.05, 0.1) is 10.6 Å². The first-order valence-electron chi connectivity index (χ1n) is 8.10. The van der Waals surface area contributed by atoms with E-state index < -0.39 is 0 Å². The SMILES string of the molecule is Clc1ccc(SN2CCC(Oc3ncnc4c3SCC4)CC2)cc1. The number of hydrogen-bond acceptors (Lipinski definition) is 6. The smallest absolute Gasteiger partial charge is 0.231 e. The summed E-state index contributed by atoms with van der Waals surface area (Å²) in [5.41, 5.74) is 1.14. The van der Waals surface area contributed by atoms with Crippen molar-refractivity contribution in [2.75, 3.05) is 18.8 Å². The summed E-state index contributed by atoms with van der Waals surface area (Å²) in [6.45, 7) is 2.02. The predicted octanol–water partition coefficient (Wildman–Crippen LogP) is 4.33. The lowest BCUT2D eigenvalue weighted by Gasteiger charge is -2.31. The third-order valence-electron chi connectivity index (χ3n) is 4.16. The Kier molecular flexibility index (Phi) is 5.17. The highest BCUT2D eigenvalue weighted by Gasteiger charge is 2.25. The minimum atomic E-state index is 0.243. The number of halogens is 1. The number of thioether (sulfide) groups is 1. The second-order valence-electron chi connectivity index (χ2n) is 5.84. The van der Waals surface area contributed by atoms with Gasteiger partial charge in [0.1, 0.15) is 12.4 Å². The topological polar surface area (TPSA) is 38.2 Å². The molecule has 2 aliphatic rings. The third-order valence-corrected chi connectivity index (χ3v) is 6.62. The van der Waals surface area contributed by atoms with Crippen LogP contribution in [0.3, 0.4) is 0 Å². The highest BCUT2D eigenvalue weighted by Crippen LogP contribution is 2.37. The normalized spacial score (nSPS) is 18.5. The van der Waals surface area contributed by atoms with E-state index >= 15 is 0 Å². The van der Waals surface area contributed by atoms with Crippen LogP contribution in [-0.2, 0) is 6.42 Å². The second-order valence-corrected chi connectivity index (χ2v) is 8.56. The lowest BCUT2D eigenvalue weighted by atomic mass is 10.1. The Bertz CT molecular complexity index is 705. The number of aryl methyl sites for hydroxylation is 1. The van der Waals surface area contributed by atoms with Crippen LogP contribution < -0.4 is 4.74 Å². The standard InChI is InChI=1S/C17H18ClN3OS2/c18-12-1-3-14(4-2-12)24-21-8-5-13(6-9-21)22-17-16-15(7-10-23-16)19-11-20-17/h1-4,11,13H,5-10H2. The molecule has 2 aromatic rings. The predicted molar refractivity (Wildman–Crippen MR) is 99.0 cm³/mol. The molecule has 1 saturated heterocycles. The number of ether oxygens (including phenoxy) is 1. The van der Waals surface area contributed by atoms with Gasteiger partial charge < -0.3 is 4.74 Å². The summed E-state index contributed by atoms with van der Waals surface area (Å²) in [6.07, 6.45) is 4.93. The van der Waals surface area contributed by atoms with Crippen LogP contribution in [-0.4, -0.2) is 39.2 Å². The quantitative estimate of drug-likeness (QED) is 0.736. The van der Waals surface area contributed by atoms with E-state index in [1.165, 1.54) is 4.90 Å². The van der Waals surface area contributed by atoms with Gasteiger partial charge in [-0.15, -0.1) is 11.8 Å². The molecular weight excluding hydrogens is 362 g/mol. The minimum Gasteiger partial charge on any atom is -0.473 e. The second kappa shape index (κ2) is 7.52. The summed E-state index contributed by atoms with van der Waals surface area (Å²) >= 11 is 9.54. The van der Waals surface area contributed by atoms with Gasteiger partial charge in [-0.25, -0.2) is 14.3 Å². The van der Waals surface area contributed by atoms with Gasteiger partial charge in [-0.3, -0.25) is 0 Å².